The quantitative estimate of drug-likeness (QED) is 0.663. The van der Waals surface area contributed by atoms with Crippen molar-refractivity contribution in [2.45, 2.75) is 12.8 Å². The molecule has 0 saturated carbocycles. The van der Waals surface area contributed by atoms with Gasteiger partial charge in [0.15, 0.2) is 0 Å². The summed E-state index contributed by atoms with van der Waals surface area (Å²) >= 11 is 4.29. The summed E-state index contributed by atoms with van der Waals surface area (Å²) in [5.74, 6) is -0.182. The van der Waals surface area contributed by atoms with Gasteiger partial charge < -0.3 is 0 Å². The van der Waals surface area contributed by atoms with Gasteiger partial charge in [0.2, 0.25) is 0 Å². The Bertz CT molecular complexity index is 405. The molecule has 0 saturated heterocycles. The summed E-state index contributed by atoms with van der Waals surface area (Å²) in [5.41, 5.74) is 2.13. The van der Waals surface area contributed by atoms with Gasteiger partial charge in [0.05, 0.1) is 0 Å². The Balaban J connectivity index is 2.36. The standard InChI is InChI=1S/C12H11FS/c13-11-5-1-3-9(7-11)10-4-2-6-12(14)8-10/h1,3,5-8,14H,2,4H2. The first-order chi connectivity index (χ1) is 6.75. The fourth-order valence-corrected chi connectivity index (χ4v) is 1.89. The van der Waals surface area contributed by atoms with Crippen molar-refractivity contribution in [1.29, 1.82) is 0 Å². The summed E-state index contributed by atoms with van der Waals surface area (Å²) in [7, 11) is 0. The van der Waals surface area contributed by atoms with Crippen molar-refractivity contribution >= 4 is 18.2 Å². The molecule has 0 nitrogen and oxygen atoms in total. The van der Waals surface area contributed by atoms with Gasteiger partial charge in [0.25, 0.3) is 0 Å². The molecule has 0 fully saturated rings. The minimum Gasteiger partial charge on any atom is -0.207 e. The van der Waals surface area contributed by atoms with Crippen molar-refractivity contribution in [1.82, 2.24) is 0 Å². The van der Waals surface area contributed by atoms with Crippen LogP contribution in [0.5, 0.6) is 0 Å². The number of benzene rings is 1. The van der Waals surface area contributed by atoms with Crippen LogP contribution in [0.15, 0.2) is 41.3 Å². The smallest absolute Gasteiger partial charge is 0.123 e. The molecule has 0 bridgehead atoms. The van der Waals surface area contributed by atoms with Crippen LogP contribution < -0.4 is 0 Å². The Morgan fingerprint density at radius 2 is 2.14 bits per heavy atom. The van der Waals surface area contributed by atoms with Crippen molar-refractivity contribution in [3.8, 4) is 0 Å². The van der Waals surface area contributed by atoms with Gasteiger partial charge in [-0.15, -0.1) is 12.6 Å². The summed E-state index contributed by atoms with van der Waals surface area (Å²) in [6, 6.07) is 6.70. The fourth-order valence-electron chi connectivity index (χ4n) is 1.60. The molecular formula is C12H11FS. The van der Waals surface area contributed by atoms with Crippen LogP contribution in [0.2, 0.25) is 0 Å². The van der Waals surface area contributed by atoms with Gasteiger partial charge in [0, 0.05) is 4.91 Å². The zero-order valence-electron chi connectivity index (χ0n) is 7.70. The molecule has 0 heterocycles. The molecule has 2 rings (SSSR count). The first kappa shape index (κ1) is 9.53. The van der Waals surface area contributed by atoms with Gasteiger partial charge in [-0.05, 0) is 42.2 Å². The summed E-state index contributed by atoms with van der Waals surface area (Å²) in [4.78, 5) is 0.968. The van der Waals surface area contributed by atoms with Gasteiger partial charge >= 0.3 is 0 Å². The molecule has 1 aliphatic rings. The third-order valence-corrected chi connectivity index (χ3v) is 2.60. The lowest BCUT2D eigenvalue weighted by Gasteiger charge is -2.11. The molecule has 0 aliphatic heterocycles. The minimum absolute atomic E-state index is 0.182. The predicted octanol–water partition coefficient (Wildman–Crippen LogP) is 3.82. The van der Waals surface area contributed by atoms with Crippen LogP contribution in [0.3, 0.4) is 0 Å². The van der Waals surface area contributed by atoms with E-state index < -0.39 is 0 Å². The highest BCUT2D eigenvalue weighted by atomic mass is 32.1. The van der Waals surface area contributed by atoms with Gasteiger partial charge in [-0.3, -0.25) is 0 Å². The Morgan fingerprint density at radius 1 is 1.29 bits per heavy atom. The molecule has 1 aliphatic carbocycles. The fraction of sp³-hybridized carbons (Fsp3) is 0.167. The molecule has 0 N–H and O–H groups in total. The zero-order chi connectivity index (χ0) is 9.97. The monoisotopic (exact) mass is 206 g/mol. The van der Waals surface area contributed by atoms with E-state index in [4.69, 9.17) is 0 Å². The van der Waals surface area contributed by atoms with E-state index in [0.717, 1.165) is 28.9 Å². The lowest BCUT2D eigenvalue weighted by molar-refractivity contribution is 0.627. The third-order valence-electron chi connectivity index (χ3n) is 2.28. The first-order valence-electron chi connectivity index (χ1n) is 4.61. The van der Waals surface area contributed by atoms with Crippen LogP contribution in [0.4, 0.5) is 4.39 Å². The zero-order valence-corrected chi connectivity index (χ0v) is 8.60. The highest BCUT2D eigenvalue weighted by Crippen LogP contribution is 2.27. The molecule has 0 radical (unpaired) electrons. The molecule has 2 heteroatoms. The second-order valence-corrected chi connectivity index (χ2v) is 3.86. The molecule has 0 atom stereocenters. The number of allylic oxidation sites excluding steroid dienone is 3. The van der Waals surface area contributed by atoms with Gasteiger partial charge in [-0.2, -0.15) is 0 Å². The van der Waals surface area contributed by atoms with E-state index >= 15 is 0 Å². The molecule has 14 heavy (non-hydrogen) atoms. The average molecular weight is 206 g/mol. The number of hydrogen-bond donors (Lipinski definition) is 1. The SMILES string of the molecule is Fc1cccc(C2=CC(S)=CCC2)c1. The Hall–Kier alpha value is -1.02. The Morgan fingerprint density at radius 3 is 2.86 bits per heavy atom. The van der Waals surface area contributed by atoms with Gasteiger partial charge in [-0.25, -0.2) is 4.39 Å². The maximum Gasteiger partial charge on any atom is 0.123 e. The van der Waals surface area contributed by atoms with Crippen LogP contribution in [-0.4, -0.2) is 0 Å². The second-order valence-electron chi connectivity index (χ2n) is 3.35. The minimum atomic E-state index is -0.182. The highest BCUT2D eigenvalue weighted by Gasteiger charge is 2.06. The molecular weight excluding hydrogens is 195 g/mol. The third kappa shape index (κ3) is 2.07. The van der Waals surface area contributed by atoms with Crippen LogP contribution in [0.1, 0.15) is 18.4 Å². The largest absolute Gasteiger partial charge is 0.207 e. The van der Waals surface area contributed by atoms with E-state index in [-0.39, 0.29) is 5.82 Å². The van der Waals surface area contributed by atoms with Crippen molar-refractivity contribution in [2.75, 3.05) is 0 Å². The van der Waals surface area contributed by atoms with E-state index in [2.05, 4.69) is 18.7 Å². The predicted molar refractivity (Wildman–Crippen MR) is 60.7 cm³/mol. The van der Waals surface area contributed by atoms with Crippen molar-refractivity contribution in [3.63, 3.8) is 0 Å². The molecule has 1 aromatic rings. The van der Waals surface area contributed by atoms with Crippen LogP contribution >= 0.6 is 12.6 Å². The van der Waals surface area contributed by atoms with E-state index in [0.29, 0.717) is 0 Å². The summed E-state index contributed by atoms with van der Waals surface area (Å²) in [5, 5.41) is 0. The lowest BCUT2D eigenvalue weighted by atomic mass is 9.97. The average Bonchev–Trinajstić information content (AvgIpc) is 2.18. The molecule has 0 amide bonds. The summed E-state index contributed by atoms with van der Waals surface area (Å²) in [6.07, 6.45) is 6.03. The highest BCUT2D eigenvalue weighted by molar-refractivity contribution is 7.84. The number of hydrogen-bond acceptors (Lipinski definition) is 1. The maximum absolute atomic E-state index is 13.0. The van der Waals surface area contributed by atoms with Crippen molar-refractivity contribution in [3.05, 3.63) is 52.7 Å². The van der Waals surface area contributed by atoms with E-state index in [1.54, 1.807) is 12.1 Å². The molecule has 1 aromatic carbocycles. The van der Waals surface area contributed by atoms with E-state index in [9.17, 15) is 4.39 Å². The maximum atomic E-state index is 13.0. The Labute approximate surface area is 88.6 Å². The van der Waals surface area contributed by atoms with Gasteiger partial charge in [-0.1, -0.05) is 18.2 Å². The van der Waals surface area contributed by atoms with Crippen LogP contribution in [0, 0.1) is 5.82 Å². The first-order valence-corrected chi connectivity index (χ1v) is 5.06. The summed E-state index contributed by atoms with van der Waals surface area (Å²) in [6.45, 7) is 0. The summed E-state index contributed by atoms with van der Waals surface area (Å²) < 4.78 is 13.0. The van der Waals surface area contributed by atoms with Crippen LogP contribution in [-0.2, 0) is 0 Å². The lowest BCUT2D eigenvalue weighted by Crippen LogP contribution is -1.90. The molecule has 0 aromatic heterocycles. The number of thiol groups is 1. The molecule has 0 unspecified atom stereocenters. The van der Waals surface area contributed by atoms with Crippen molar-refractivity contribution in [2.24, 2.45) is 0 Å². The van der Waals surface area contributed by atoms with Crippen molar-refractivity contribution < 1.29 is 4.39 Å². The molecule has 72 valence electrons. The van der Waals surface area contributed by atoms with E-state index in [1.165, 1.54) is 6.07 Å². The molecule has 0 spiro atoms. The number of halogens is 1. The topological polar surface area (TPSA) is 0 Å². The Kier molecular flexibility index (Phi) is 2.73. The normalized spacial score (nSPS) is 16.1. The van der Waals surface area contributed by atoms with Crippen LogP contribution in [0.25, 0.3) is 5.57 Å². The number of rotatable bonds is 1. The second kappa shape index (κ2) is 4.01. The van der Waals surface area contributed by atoms with E-state index in [1.807, 2.05) is 12.1 Å². The van der Waals surface area contributed by atoms with Gasteiger partial charge in [0.1, 0.15) is 5.82 Å².